The summed E-state index contributed by atoms with van der Waals surface area (Å²) in [5.74, 6) is 2.58. The molecule has 3 atom stereocenters. The van der Waals surface area contributed by atoms with Crippen LogP contribution in [0.15, 0.2) is 18.5 Å². The number of halogens is 4. The number of nitrogens with zero attached hydrogens (tertiary/aromatic N) is 4. The van der Waals surface area contributed by atoms with E-state index in [1.807, 2.05) is 6.20 Å². The van der Waals surface area contributed by atoms with Crippen molar-refractivity contribution in [1.29, 1.82) is 0 Å². The summed E-state index contributed by atoms with van der Waals surface area (Å²) >= 11 is 0. The third-order valence-electron chi connectivity index (χ3n) is 6.61. The van der Waals surface area contributed by atoms with Crippen LogP contribution in [-0.2, 0) is 12.6 Å². The molecular formula is C21H24F4N4. The maximum absolute atomic E-state index is 13.3. The number of aryl methyl sites for hydroxylation is 1. The Kier molecular flexibility index (Phi) is 4.46. The lowest BCUT2D eigenvalue weighted by atomic mass is 10.1. The van der Waals surface area contributed by atoms with Gasteiger partial charge in [-0.05, 0) is 43.6 Å². The predicted molar refractivity (Wildman–Crippen MR) is 100 cm³/mol. The van der Waals surface area contributed by atoms with Crippen LogP contribution in [-0.4, -0.2) is 45.7 Å². The second-order valence-electron chi connectivity index (χ2n) is 8.72. The van der Waals surface area contributed by atoms with Gasteiger partial charge < -0.3 is 9.47 Å². The second kappa shape index (κ2) is 6.79. The zero-order valence-corrected chi connectivity index (χ0v) is 16.3. The molecule has 0 N–H and O–H groups in total. The molecule has 4 nitrogen and oxygen atoms in total. The fourth-order valence-electron chi connectivity index (χ4n) is 4.82. The highest BCUT2D eigenvalue weighted by Gasteiger charge is 2.57. The Morgan fingerprint density at radius 2 is 1.90 bits per heavy atom. The van der Waals surface area contributed by atoms with E-state index in [0.717, 1.165) is 31.4 Å². The first kappa shape index (κ1) is 19.0. The van der Waals surface area contributed by atoms with Gasteiger partial charge in [-0.2, -0.15) is 13.2 Å². The van der Waals surface area contributed by atoms with Gasteiger partial charge in [0, 0.05) is 55.7 Å². The average molecular weight is 408 g/mol. The number of alkyl halides is 4. The van der Waals surface area contributed by atoms with Gasteiger partial charge >= 0.3 is 6.18 Å². The highest BCUT2D eigenvalue weighted by Crippen LogP contribution is 2.56. The molecule has 0 radical (unpaired) electrons. The Morgan fingerprint density at radius 3 is 2.52 bits per heavy atom. The molecule has 2 saturated carbocycles. The molecule has 3 aliphatic rings. The van der Waals surface area contributed by atoms with Crippen molar-refractivity contribution in [3.05, 3.63) is 35.5 Å². The molecule has 2 aromatic rings. The number of likely N-dealkylation sites (tertiary alicyclic amines) is 1. The highest BCUT2D eigenvalue weighted by atomic mass is 19.4. The lowest BCUT2D eigenvalue weighted by molar-refractivity contribution is -0.138. The van der Waals surface area contributed by atoms with Crippen LogP contribution in [0.2, 0.25) is 0 Å². The quantitative estimate of drug-likeness (QED) is 0.669. The third kappa shape index (κ3) is 3.56. The number of pyridine rings is 1. The maximum atomic E-state index is 13.3. The van der Waals surface area contributed by atoms with Crippen molar-refractivity contribution in [3.8, 4) is 11.3 Å². The summed E-state index contributed by atoms with van der Waals surface area (Å²) in [7, 11) is 0. The molecule has 1 saturated heterocycles. The van der Waals surface area contributed by atoms with E-state index in [1.165, 1.54) is 26.0 Å². The summed E-state index contributed by atoms with van der Waals surface area (Å²) in [5, 5.41) is 0. The van der Waals surface area contributed by atoms with Gasteiger partial charge in [0.15, 0.2) is 0 Å². The topological polar surface area (TPSA) is 34.0 Å². The van der Waals surface area contributed by atoms with Crippen molar-refractivity contribution < 1.29 is 17.6 Å². The molecular weight excluding hydrogens is 384 g/mol. The van der Waals surface area contributed by atoms with Crippen LogP contribution in [0.5, 0.6) is 0 Å². The third-order valence-corrected chi connectivity index (χ3v) is 6.61. The van der Waals surface area contributed by atoms with Crippen LogP contribution in [0.25, 0.3) is 11.3 Å². The van der Waals surface area contributed by atoms with Crippen LogP contribution in [0.4, 0.5) is 17.6 Å². The number of hydrogen-bond acceptors (Lipinski definition) is 3. The van der Waals surface area contributed by atoms with Crippen molar-refractivity contribution in [2.75, 3.05) is 26.3 Å². The van der Waals surface area contributed by atoms with Crippen LogP contribution < -0.4 is 0 Å². The monoisotopic (exact) mass is 408 g/mol. The number of rotatable bonds is 6. The zero-order valence-electron chi connectivity index (χ0n) is 16.3. The van der Waals surface area contributed by atoms with Crippen LogP contribution >= 0.6 is 0 Å². The number of fused-ring (bicyclic) bond motifs is 1. The predicted octanol–water partition coefficient (Wildman–Crippen LogP) is 4.30. The van der Waals surface area contributed by atoms with E-state index < -0.39 is 11.7 Å². The van der Waals surface area contributed by atoms with E-state index in [4.69, 9.17) is 4.98 Å². The molecule has 3 heterocycles. The molecule has 156 valence electrons. The van der Waals surface area contributed by atoms with Gasteiger partial charge in [0.1, 0.15) is 12.5 Å². The second-order valence-corrected chi connectivity index (χ2v) is 8.72. The summed E-state index contributed by atoms with van der Waals surface area (Å²) in [5.41, 5.74) is 0.231. The summed E-state index contributed by atoms with van der Waals surface area (Å²) in [6.07, 6.45) is 2.21. The van der Waals surface area contributed by atoms with Crippen molar-refractivity contribution in [3.63, 3.8) is 0 Å². The lowest BCUT2D eigenvalue weighted by Gasteiger charge is -2.18. The van der Waals surface area contributed by atoms with Crippen molar-refractivity contribution in [1.82, 2.24) is 19.4 Å². The number of piperidine rings is 1. The Labute approximate surface area is 166 Å². The summed E-state index contributed by atoms with van der Waals surface area (Å²) < 4.78 is 54.7. The van der Waals surface area contributed by atoms with E-state index >= 15 is 0 Å². The summed E-state index contributed by atoms with van der Waals surface area (Å²) in [6, 6.07) is 1.49. The van der Waals surface area contributed by atoms with Gasteiger partial charge in [-0.25, -0.2) is 9.37 Å². The number of aromatic nitrogens is 3. The SMILES string of the molecule is Cc1ncc(-c2cn([C@H]3[C@@H]4CN(CCF)C[C@@H]43)c(CC3CC3)n2)cc1C(F)(F)F. The Hall–Kier alpha value is -1.96. The van der Waals surface area contributed by atoms with Crippen molar-refractivity contribution >= 4 is 0 Å². The smallest absolute Gasteiger partial charge is 0.331 e. The van der Waals surface area contributed by atoms with E-state index in [-0.39, 0.29) is 12.4 Å². The minimum Gasteiger partial charge on any atom is -0.331 e. The van der Waals surface area contributed by atoms with Gasteiger partial charge in [0.25, 0.3) is 0 Å². The molecule has 0 unspecified atom stereocenters. The minimum atomic E-state index is -4.43. The molecule has 2 aromatic heterocycles. The van der Waals surface area contributed by atoms with E-state index in [1.54, 1.807) is 0 Å². The molecule has 0 aromatic carbocycles. The van der Waals surface area contributed by atoms with Crippen LogP contribution in [0, 0.1) is 24.7 Å². The van der Waals surface area contributed by atoms with E-state index in [0.29, 0.717) is 41.6 Å². The number of imidazole rings is 1. The van der Waals surface area contributed by atoms with Crippen LogP contribution in [0.1, 0.15) is 36.0 Å². The van der Waals surface area contributed by atoms with E-state index in [2.05, 4.69) is 14.5 Å². The van der Waals surface area contributed by atoms with Gasteiger partial charge in [0.2, 0.25) is 0 Å². The van der Waals surface area contributed by atoms with Crippen molar-refractivity contribution in [2.45, 2.75) is 38.4 Å². The molecule has 5 rings (SSSR count). The fourth-order valence-corrected chi connectivity index (χ4v) is 4.82. The maximum Gasteiger partial charge on any atom is 0.418 e. The molecule has 0 amide bonds. The first-order valence-electron chi connectivity index (χ1n) is 10.3. The van der Waals surface area contributed by atoms with E-state index in [9.17, 15) is 17.6 Å². The summed E-state index contributed by atoms with van der Waals surface area (Å²) in [6.45, 7) is 3.31. The molecule has 8 heteroatoms. The molecule has 0 spiro atoms. The number of hydrogen-bond donors (Lipinski definition) is 0. The summed E-state index contributed by atoms with van der Waals surface area (Å²) in [4.78, 5) is 10.9. The normalized spacial score (nSPS) is 26.7. The molecule has 1 aliphatic heterocycles. The van der Waals surface area contributed by atoms with Crippen molar-refractivity contribution in [2.24, 2.45) is 17.8 Å². The average Bonchev–Trinajstić information content (AvgIpc) is 3.50. The Balaban J connectivity index is 1.44. The molecule has 0 bridgehead atoms. The molecule has 29 heavy (non-hydrogen) atoms. The van der Waals surface area contributed by atoms with Gasteiger partial charge in [-0.15, -0.1) is 0 Å². The lowest BCUT2D eigenvalue weighted by Crippen LogP contribution is -2.27. The molecule has 2 aliphatic carbocycles. The Morgan fingerprint density at radius 1 is 1.17 bits per heavy atom. The Bertz CT molecular complexity index is 906. The largest absolute Gasteiger partial charge is 0.418 e. The fraction of sp³-hybridized carbons (Fsp3) is 0.619. The first-order valence-corrected chi connectivity index (χ1v) is 10.3. The van der Waals surface area contributed by atoms with Gasteiger partial charge in [0.05, 0.1) is 11.3 Å². The standard InChI is InChI=1S/C21H24F4N4/c1-12-17(21(23,24)25)7-14(8-26-12)18-11-29(19(27-18)6-13-2-3-13)20-15-9-28(5-4-22)10-16(15)20/h7-8,11,13,15-16,20H,2-6,9-10H2,1H3/t15-,16+,20+. The highest BCUT2D eigenvalue weighted by molar-refractivity contribution is 5.59. The zero-order chi connectivity index (χ0) is 20.3. The first-order chi connectivity index (χ1) is 13.8. The van der Waals surface area contributed by atoms with Gasteiger partial charge in [-0.1, -0.05) is 0 Å². The molecule has 3 fully saturated rings. The van der Waals surface area contributed by atoms with Crippen LogP contribution in [0.3, 0.4) is 0 Å². The van der Waals surface area contributed by atoms with Gasteiger partial charge in [-0.3, -0.25) is 4.98 Å². The minimum absolute atomic E-state index is 0.0245.